The minimum Gasteiger partial charge on any atom is -0.398 e. The lowest BCUT2D eigenvalue weighted by Gasteiger charge is -2.10. The average Bonchev–Trinajstić information content (AvgIpc) is 2.55. The van der Waals surface area contributed by atoms with E-state index in [4.69, 9.17) is 5.73 Å². The summed E-state index contributed by atoms with van der Waals surface area (Å²) in [5, 5.41) is 4.63. The van der Waals surface area contributed by atoms with Crippen LogP contribution in [0, 0.1) is 0 Å². The van der Waals surface area contributed by atoms with Gasteiger partial charge in [0.1, 0.15) is 0 Å². The molecule has 2 aromatic carbocycles. The van der Waals surface area contributed by atoms with Gasteiger partial charge < -0.3 is 11.1 Å². The van der Waals surface area contributed by atoms with Gasteiger partial charge in [0.05, 0.1) is 17.4 Å². The maximum Gasteiger partial charge on any atom is 0.257 e. The van der Waals surface area contributed by atoms with E-state index < -0.39 is 0 Å². The fraction of sp³-hybridized carbons (Fsp3) is 0.0556. The zero-order chi connectivity index (χ0) is 16.4. The van der Waals surface area contributed by atoms with E-state index in [1.807, 2.05) is 24.3 Å². The Hall–Kier alpha value is -3.21. The maximum absolute atomic E-state index is 12.5. The Balaban J connectivity index is 1.98. The Morgan fingerprint density at radius 1 is 1.09 bits per heavy atom. The monoisotopic (exact) mass is 305 g/mol. The van der Waals surface area contributed by atoms with Crippen LogP contribution in [0.1, 0.15) is 27.6 Å². The summed E-state index contributed by atoms with van der Waals surface area (Å²) in [6, 6.07) is 12.3. The molecule has 0 saturated heterocycles. The van der Waals surface area contributed by atoms with Gasteiger partial charge in [0.15, 0.2) is 5.78 Å². The van der Waals surface area contributed by atoms with Crippen molar-refractivity contribution < 1.29 is 9.59 Å². The summed E-state index contributed by atoms with van der Waals surface area (Å²) < 4.78 is 0. The average molecular weight is 305 g/mol. The molecule has 0 atom stereocenters. The number of nitrogens with zero attached hydrogens (tertiary/aromatic N) is 1. The number of hydrogen-bond donors (Lipinski definition) is 2. The molecule has 1 heterocycles. The van der Waals surface area contributed by atoms with Gasteiger partial charge in [-0.2, -0.15) is 0 Å². The van der Waals surface area contributed by atoms with Crippen LogP contribution in [0.4, 0.5) is 11.4 Å². The largest absolute Gasteiger partial charge is 0.398 e. The standard InChI is InChI=1S/C18H15N3O2/c1-11(22)12-6-7-16(19)15(8-12)18(23)21-17-10-20-9-13-4-2-3-5-14(13)17/h2-10H,19H2,1H3,(H,21,23). The van der Waals surface area contributed by atoms with Gasteiger partial charge >= 0.3 is 0 Å². The van der Waals surface area contributed by atoms with Crippen LogP contribution in [-0.4, -0.2) is 16.7 Å². The van der Waals surface area contributed by atoms with Crippen LogP contribution >= 0.6 is 0 Å². The molecular weight excluding hydrogens is 290 g/mol. The number of nitrogens with two attached hydrogens (primary N) is 1. The number of carbonyl (C=O) groups excluding carboxylic acids is 2. The van der Waals surface area contributed by atoms with Crippen molar-refractivity contribution in [3.8, 4) is 0 Å². The summed E-state index contributed by atoms with van der Waals surface area (Å²) >= 11 is 0. The number of nitrogens with one attached hydrogen (secondary N) is 1. The molecule has 23 heavy (non-hydrogen) atoms. The number of pyridine rings is 1. The molecule has 3 N–H and O–H groups in total. The predicted octanol–water partition coefficient (Wildman–Crippen LogP) is 3.27. The summed E-state index contributed by atoms with van der Waals surface area (Å²) in [4.78, 5) is 28.1. The van der Waals surface area contributed by atoms with Gasteiger partial charge in [-0.25, -0.2) is 0 Å². The van der Waals surface area contributed by atoms with Crippen molar-refractivity contribution >= 4 is 33.8 Å². The second-order valence-electron chi connectivity index (χ2n) is 5.22. The van der Waals surface area contributed by atoms with E-state index in [9.17, 15) is 9.59 Å². The van der Waals surface area contributed by atoms with Crippen LogP contribution < -0.4 is 11.1 Å². The molecule has 5 nitrogen and oxygen atoms in total. The van der Waals surface area contributed by atoms with Crippen LogP contribution in [0.15, 0.2) is 54.9 Å². The van der Waals surface area contributed by atoms with Crippen LogP contribution in [0.5, 0.6) is 0 Å². The van der Waals surface area contributed by atoms with Crippen molar-refractivity contribution in [2.75, 3.05) is 11.1 Å². The molecule has 3 rings (SSSR count). The number of hydrogen-bond acceptors (Lipinski definition) is 4. The number of Topliss-reactive ketones (excluding diaryl/α,β-unsaturated/α-hetero) is 1. The van der Waals surface area contributed by atoms with Crippen LogP contribution in [0.3, 0.4) is 0 Å². The summed E-state index contributed by atoms with van der Waals surface area (Å²) in [7, 11) is 0. The smallest absolute Gasteiger partial charge is 0.257 e. The van der Waals surface area contributed by atoms with Gasteiger partial charge in [-0.1, -0.05) is 24.3 Å². The van der Waals surface area contributed by atoms with E-state index in [0.717, 1.165) is 10.8 Å². The third-order valence-electron chi connectivity index (χ3n) is 3.62. The van der Waals surface area contributed by atoms with Gasteiger partial charge in [-0.3, -0.25) is 14.6 Å². The SMILES string of the molecule is CC(=O)c1ccc(N)c(C(=O)Nc2cncc3ccccc23)c1. The van der Waals surface area contributed by atoms with Crippen LogP contribution in [0.25, 0.3) is 10.8 Å². The number of aromatic nitrogens is 1. The third-order valence-corrected chi connectivity index (χ3v) is 3.62. The first-order valence-corrected chi connectivity index (χ1v) is 7.11. The molecule has 0 fully saturated rings. The van der Waals surface area contributed by atoms with Crippen molar-refractivity contribution in [3.63, 3.8) is 0 Å². The van der Waals surface area contributed by atoms with Gasteiger partial charge in [0.2, 0.25) is 0 Å². The molecule has 0 saturated carbocycles. The minimum atomic E-state index is -0.372. The molecule has 0 bridgehead atoms. The molecule has 0 aliphatic rings. The van der Waals surface area contributed by atoms with Gasteiger partial charge in [-0.15, -0.1) is 0 Å². The molecule has 5 heteroatoms. The highest BCUT2D eigenvalue weighted by Gasteiger charge is 2.13. The Morgan fingerprint density at radius 2 is 1.87 bits per heavy atom. The van der Waals surface area contributed by atoms with Gasteiger partial charge in [-0.05, 0) is 25.1 Å². The van der Waals surface area contributed by atoms with E-state index in [2.05, 4.69) is 10.3 Å². The Kier molecular flexibility index (Phi) is 3.76. The first-order valence-electron chi connectivity index (χ1n) is 7.11. The number of benzene rings is 2. The summed E-state index contributed by atoms with van der Waals surface area (Å²) in [6.07, 6.45) is 3.32. The van der Waals surface area contributed by atoms with E-state index in [1.165, 1.54) is 13.0 Å². The number of fused-ring (bicyclic) bond motifs is 1. The van der Waals surface area contributed by atoms with Gasteiger partial charge in [0.25, 0.3) is 5.91 Å². The lowest BCUT2D eigenvalue weighted by atomic mass is 10.1. The zero-order valence-corrected chi connectivity index (χ0v) is 12.5. The number of anilines is 2. The normalized spacial score (nSPS) is 10.5. The van der Waals surface area contributed by atoms with Crippen LogP contribution in [-0.2, 0) is 0 Å². The Bertz CT molecular complexity index is 914. The number of nitrogen functional groups attached to an aromatic ring is 1. The molecule has 1 aromatic heterocycles. The first kappa shape index (κ1) is 14.7. The molecule has 0 unspecified atom stereocenters. The zero-order valence-electron chi connectivity index (χ0n) is 12.5. The number of ketones is 1. The summed E-state index contributed by atoms with van der Waals surface area (Å²) in [5.41, 5.74) is 7.50. The van der Waals surface area contributed by atoms with Crippen molar-refractivity contribution in [1.82, 2.24) is 4.98 Å². The molecule has 0 aliphatic heterocycles. The van der Waals surface area contributed by atoms with Crippen LogP contribution in [0.2, 0.25) is 0 Å². The van der Waals surface area contributed by atoms with Gasteiger partial charge in [0, 0.05) is 28.2 Å². The molecule has 3 aromatic rings. The fourth-order valence-electron chi connectivity index (χ4n) is 2.38. The fourth-order valence-corrected chi connectivity index (χ4v) is 2.38. The van der Waals surface area contributed by atoms with E-state index >= 15 is 0 Å². The third kappa shape index (κ3) is 2.89. The highest BCUT2D eigenvalue weighted by Crippen LogP contribution is 2.23. The van der Waals surface area contributed by atoms with E-state index in [0.29, 0.717) is 16.9 Å². The number of carbonyl (C=O) groups is 2. The molecule has 114 valence electrons. The lowest BCUT2D eigenvalue weighted by Crippen LogP contribution is -2.15. The van der Waals surface area contributed by atoms with Crippen molar-refractivity contribution in [2.45, 2.75) is 6.92 Å². The van der Waals surface area contributed by atoms with Crippen molar-refractivity contribution in [1.29, 1.82) is 0 Å². The minimum absolute atomic E-state index is 0.120. The number of amides is 1. The molecule has 0 radical (unpaired) electrons. The Labute approximate surface area is 133 Å². The summed E-state index contributed by atoms with van der Waals surface area (Å²) in [6.45, 7) is 1.45. The summed E-state index contributed by atoms with van der Waals surface area (Å²) in [5.74, 6) is -0.491. The quantitative estimate of drug-likeness (QED) is 0.574. The van der Waals surface area contributed by atoms with E-state index in [-0.39, 0.29) is 17.3 Å². The predicted molar refractivity (Wildman–Crippen MR) is 90.6 cm³/mol. The first-order chi connectivity index (χ1) is 11.1. The maximum atomic E-state index is 12.5. The lowest BCUT2D eigenvalue weighted by molar-refractivity contribution is 0.101. The topological polar surface area (TPSA) is 85.1 Å². The molecule has 0 spiro atoms. The van der Waals surface area contributed by atoms with E-state index in [1.54, 1.807) is 24.5 Å². The molecule has 0 aliphatic carbocycles. The van der Waals surface area contributed by atoms with Crippen molar-refractivity contribution in [2.24, 2.45) is 0 Å². The van der Waals surface area contributed by atoms with Crippen molar-refractivity contribution in [3.05, 3.63) is 66.0 Å². The highest BCUT2D eigenvalue weighted by atomic mass is 16.1. The highest BCUT2D eigenvalue weighted by molar-refractivity contribution is 6.12. The molecular formula is C18H15N3O2. The second-order valence-corrected chi connectivity index (χ2v) is 5.22. The molecule has 1 amide bonds. The number of rotatable bonds is 3. The second kappa shape index (κ2) is 5.88. The Morgan fingerprint density at radius 3 is 2.65 bits per heavy atom.